The summed E-state index contributed by atoms with van der Waals surface area (Å²) in [7, 11) is 0. The van der Waals surface area contributed by atoms with Gasteiger partial charge in [-0.15, -0.1) is 0 Å². The molecule has 1 aliphatic rings. The van der Waals surface area contributed by atoms with Crippen LogP contribution in [0.5, 0.6) is 0 Å². The SMILES string of the molecule is Cc1cc(C)cc(CC2C(=O)N(c3ccc(I)cc3)C(=O)C2C)c1. The number of halogens is 1. The molecule has 0 spiro atoms. The molecule has 0 radical (unpaired) electrons. The number of imide groups is 1. The fourth-order valence-corrected chi connectivity index (χ4v) is 3.77. The van der Waals surface area contributed by atoms with E-state index in [9.17, 15) is 9.59 Å². The predicted molar refractivity (Wildman–Crippen MR) is 104 cm³/mol. The number of benzene rings is 2. The Labute approximate surface area is 156 Å². The van der Waals surface area contributed by atoms with Gasteiger partial charge in [-0.25, -0.2) is 0 Å². The Balaban J connectivity index is 1.88. The number of aryl methyl sites for hydroxylation is 2. The van der Waals surface area contributed by atoms with E-state index in [0.717, 1.165) is 9.13 Å². The van der Waals surface area contributed by atoms with Crippen molar-refractivity contribution < 1.29 is 9.59 Å². The highest BCUT2D eigenvalue weighted by atomic mass is 127. The van der Waals surface area contributed by atoms with Gasteiger partial charge >= 0.3 is 0 Å². The van der Waals surface area contributed by atoms with E-state index < -0.39 is 0 Å². The molecule has 2 aromatic rings. The molecule has 0 aliphatic carbocycles. The van der Waals surface area contributed by atoms with Crippen molar-refractivity contribution in [2.75, 3.05) is 4.90 Å². The van der Waals surface area contributed by atoms with Crippen molar-refractivity contribution in [1.82, 2.24) is 0 Å². The zero-order valence-corrected chi connectivity index (χ0v) is 16.2. The molecule has 3 nitrogen and oxygen atoms in total. The molecule has 0 saturated carbocycles. The minimum atomic E-state index is -0.294. The molecule has 124 valence electrons. The van der Waals surface area contributed by atoms with Crippen LogP contribution in [0.3, 0.4) is 0 Å². The van der Waals surface area contributed by atoms with Gasteiger partial charge in [-0.3, -0.25) is 14.5 Å². The van der Waals surface area contributed by atoms with Gasteiger partial charge in [0.1, 0.15) is 0 Å². The second kappa shape index (κ2) is 6.67. The van der Waals surface area contributed by atoms with Gasteiger partial charge in [-0.1, -0.05) is 36.2 Å². The summed E-state index contributed by atoms with van der Waals surface area (Å²) in [6.45, 7) is 5.97. The number of hydrogen-bond donors (Lipinski definition) is 0. The average molecular weight is 433 g/mol. The van der Waals surface area contributed by atoms with Crippen LogP contribution in [0.25, 0.3) is 0 Å². The van der Waals surface area contributed by atoms with Crippen molar-refractivity contribution in [2.24, 2.45) is 11.8 Å². The molecule has 1 aliphatic heterocycles. The number of anilines is 1. The predicted octanol–water partition coefficient (Wildman–Crippen LogP) is 4.28. The summed E-state index contributed by atoms with van der Waals surface area (Å²) in [6, 6.07) is 13.8. The van der Waals surface area contributed by atoms with E-state index in [0.29, 0.717) is 12.1 Å². The van der Waals surface area contributed by atoms with E-state index in [-0.39, 0.29) is 23.7 Å². The molecule has 0 aromatic heterocycles. The molecule has 0 bridgehead atoms. The maximum Gasteiger partial charge on any atom is 0.238 e. The van der Waals surface area contributed by atoms with Crippen molar-refractivity contribution >= 4 is 40.1 Å². The van der Waals surface area contributed by atoms with Gasteiger partial charge in [0.25, 0.3) is 0 Å². The first-order valence-electron chi connectivity index (χ1n) is 8.07. The third kappa shape index (κ3) is 3.24. The van der Waals surface area contributed by atoms with Gasteiger partial charge in [0, 0.05) is 9.49 Å². The van der Waals surface area contributed by atoms with E-state index in [4.69, 9.17) is 0 Å². The molecule has 1 fully saturated rings. The molecular weight excluding hydrogens is 413 g/mol. The van der Waals surface area contributed by atoms with Crippen molar-refractivity contribution in [1.29, 1.82) is 0 Å². The van der Waals surface area contributed by atoms with Crippen molar-refractivity contribution in [3.05, 3.63) is 62.7 Å². The summed E-state index contributed by atoms with van der Waals surface area (Å²) in [4.78, 5) is 26.9. The Morgan fingerprint density at radius 3 is 2.12 bits per heavy atom. The number of nitrogens with zero attached hydrogens (tertiary/aromatic N) is 1. The Morgan fingerprint density at radius 1 is 0.958 bits per heavy atom. The topological polar surface area (TPSA) is 37.4 Å². The second-order valence-electron chi connectivity index (χ2n) is 6.58. The van der Waals surface area contributed by atoms with Gasteiger partial charge in [0.15, 0.2) is 0 Å². The lowest BCUT2D eigenvalue weighted by Crippen LogP contribution is -2.31. The van der Waals surface area contributed by atoms with Gasteiger partial charge in [0.05, 0.1) is 11.6 Å². The number of amides is 2. The van der Waals surface area contributed by atoms with Crippen LogP contribution in [0.2, 0.25) is 0 Å². The van der Waals surface area contributed by atoms with E-state index in [1.165, 1.54) is 16.0 Å². The van der Waals surface area contributed by atoms with Crippen LogP contribution in [-0.4, -0.2) is 11.8 Å². The molecule has 2 amide bonds. The second-order valence-corrected chi connectivity index (χ2v) is 7.83. The van der Waals surface area contributed by atoms with E-state index in [1.807, 2.05) is 31.2 Å². The third-order valence-corrected chi connectivity index (χ3v) is 5.29. The smallest absolute Gasteiger partial charge is 0.238 e. The normalized spacial score (nSPS) is 20.8. The van der Waals surface area contributed by atoms with Crippen molar-refractivity contribution in [3.8, 4) is 0 Å². The number of rotatable bonds is 3. The minimum absolute atomic E-state index is 0.0899. The Morgan fingerprint density at radius 2 is 1.54 bits per heavy atom. The van der Waals surface area contributed by atoms with Gasteiger partial charge in [0.2, 0.25) is 11.8 Å². The fourth-order valence-electron chi connectivity index (χ4n) is 3.41. The standard InChI is InChI=1S/C20H20INO2/c1-12-8-13(2)10-15(9-12)11-18-14(3)19(23)22(20(18)24)17-6-4-16(21)5-7-17/h4-10,14,18H,11H2,1-3H3. The summed E-state index contributed by atoms with van der Waals surface area (Å²) in [6.07, 6.45) is 0.606. The van der Waals surface area contributed by atoms with E-state index in [2.05, 4.69) is 54.6 Å². The van der Waals surface area contributed by atoms with E-state index in [1.54, 1.807) is 0 Å². The average Bonchev–Trinajstić information content (AvgIpc) is 2.71. The molecule has 2 aromatic carbocycles. The highest BCUT2D eigenvalue weighted by Crippen LogP contribution is 2.33. The number of carbonyl (C=O) groups excluding carboxylic acids is 2. The third-order valence-electron chi connectivity index (χ3n) is 4.57. The quantitative estimate of drug-likeness (QED) is 0.536. The Bertz CT molecular complexity index is 778. The molecular formula is C20H20INO2. The van der Waals surface area contributed by atoms with Crippen molar-refractivity contribution in [2.45, 2.75) is 27.2 Å². The van der Waals surface area contributed by atoms with Crippen LogP contribution in [0.15, 0.2) is 42.5 Å². The highest BCUT2D eigenvalue weighted by Gasteiger charge is 2.45. The first-order chi connectivity index (χ1) is 11.4. The molecule has 1 saturated heterocycles. The monoisotopic (exact) mass is 433 g/mol. The molecule has 0 N–H and O–H groups in total. The molecule has 24 heavy (non-hydrogen) atoms. The Hall–Kier alpha value is -1.69. The summed E-state index contributed by atoms with van der Waals surface area (Å²) in [5, 5.41) is 0. The maximum atomic E-state index is 12.9. The first-order valence-corrected chi connectivity index (χ1v) is 9.15. The maximum absolute atomic E-state index is 12.9. The van der Waals surface area contributed by atoms with Gasteiger partial charge < -0.3 is 0 Å². The summed E-state index contributed by atoms with van der Waals surface area (Å²) < 4.78 is 1.08. The Kier molecular flexibility index (Phi) is 4.76. The lowest BCUT2D eigenvalue weighted by molar-refractivity contribution is -0.122. The summed E-state index contributed by atoms with van der Waals surface area (Å²) in [5.74, 6) is -0.779. The zero-order chi connectivity index (χ0) is 17.4. The van der Waals surface area contributed by atoms with Crippen LogP contribution in [-0.2, 0) is 16.0 Å². The van der Waals surface area contributed by atoms with Gasteiger partial charge in [-0.2, -0.15) is 0 Å². The number of carbonyl (C=O) groups is 2. The zero-order valence-electron chi connectivity index (χ0n) is 14.0. The van der Waals surface area contributed by atoms with E-state index >= 15 is 0 Å². The minimum Gasteiger partial charge on any atom is -0.274 e. The summed E-state index contributed by atoms with van der Waals surface area (Å²) >= 11 is 2.21. The summed E-state index contributed by atoms with van der Waals surface area (Å²) in [5.41, 5.74) is 4.16. The first kappa shape index (κ1) is 17.1. The fraction of sp³-hybridized carbons (Fsp3) is 0.300. The molecule has 2 atom stereocenters. The lowest BCUT2D eigenvalue weighted by atomic mass is 9.89. The van der Waals surface area contributed by atoms with Crippen molar-refractivity contribution in [3.63, 3.8) is 0 Å². The van der Waals surface area contributed by atoms with Gasteiger partial charge in [-0.05, 0) is 72.7 Å². The molecule has 2 unspecified atom stereocenters. The molecule has 1 heterocycles. The molecule has 4 heteroatoms. The lowest BCUT2D eigenvalue weighted by Gasteiger charge is -2.15. The van der Waals surface area contributed by atoms with Crippen LogP contribution in [0.4, 0.5) is 5.69 Å². The molecule has 3 rings (SSSR count). The van der Waals surface area contributed by atoms with Crippen LogP contribution >= 0.6 is 22.6 Å². The van der Waals surface area contributed by atoms with Crippen LogP contribution in [0.1, 0.15) is 23.6 Å². The van der Waals surface area contributed by atoms with Crippen LogP contribution < -0.4 is 4.90 Å². The number of hydrogen-bond acceptors (Lipinski definition) is 2. The largest absolute Gasteiger partial charge is 0.274 e. The highest BCUT2D eigenvalue weighted by molar-refractivity contribution is 14.1. The van der Waals surface area contributed by atoms with Crippen LogP contribution in [0, 0.1) is 29.3 Å².